The van der Waals surface area contributed by atoms with Gasteiger partial charge in [-0.25, -0.2) is 4.79 Å². The molecule has 5 heteroatoms. The van der Waals surface area contributed by atoms with Crippen LogP contribution in [0.2, 0.25) is 0 Å². The van der Waals surface area contributed by atoms with Crippen LogP contribution in [0.25, 0.3) is 0 Å². The highest BCUT2D eigenvalue weighted by Gasteiger charge is 2.33. The van der Waals surface area contributed by atoms with Crippen molar-refractivity contribution in [2.24, 2.45) is 0 Å². The Kier molecular flexibility index (Phi) is 3.70. The van der Waals surface area contributed by atoms with Crippen molar-refractivity contribution in [1.29, 1.82) is 5.41 Å². The number of cyclic esters (lactones) is 1. The van der Waals surface area contributed by atoms with Crippen LogP contribution in [0, 0.1) is 5.41 Å². The Labute approximate surface area is 127 Å². The summed E-state index contributed by atoms with van der Waals surface area (Å²) < 4.78 is 4.90. The van der Waals surface area contributed by atoms with Gasteiger partial charge in [0, 0.05) is 11.3 Å². The fourth-order valence-electron chi connectivity index (χ4n) is 2.41. The van der Waals surface area contributed by atoms with E-state index in [2.05, 4.69) is 5.32 Å². The summed E-state index contributed by atoms with van der Waals surface area (Å²) in [6, 6.07) is 16.0. The van der Waals surface area contributed by atoms with E-state index in [-0.39, 0.29) is 18.2 Å². The molecule has 1 aliphatic rings. The Balaban J connectivity index is 1.88. The minimum absolute atomic E-state index is 0.0820. The number of benzene rings is 2. The summed E-state index contributed by atoms with van der Waals surface area (Å²) >= 11 is 0. The van der Waals surface area contributed by atoms with Crippen molar-refractivity contribution in [3.05, 3.63) is 65.7 Å². The molecule has 1 saturated heterocycles. The summed E-state index contributed by atoms with van der Waals surface area (Å²) in [6.07, 6.45) is 0. The molecule has 1 fully saturated rings. The molecule has 0 saturated carbocycles. The number of rotatable bonds is 3. The highest BCUT2D eigenvalue weighted by molar-refractivity contribution is 6.39. The van der Waals surface area contributed by atoms with Gasteiger partial charge in [0.25, 0.3) is 5.91 Å². The monoisotopic (exact) mass is 294 g/mol. The second-order valence-electron chi connectivity index (χ2n) is 4.97. The molecule has 1 amide bonds. The van der Waals surface area contributed by atoms with Crippen molar-refractivity contribution in [3.63, 3.8) is 0 Å². The number of carbonyl (C=O) groups excluding carboxylic acids is 2. The molecule has 22 heavy (non-hydrogen) atoms. The third-order valence-electron chi connectivity index (χ3n) is 3.57. The first-order chi connectivity index (χ1) is 10.7. The molecule has 0 unspecified atom stereocenters. The molecule has 0 aromatic heterocycles. The number of hydrogen-bond acceptors (Lipinski definition) is 4. The van der Waals surface area contributed by atoms with Gasteiger partial charge < -0.3 is 10.1 Å². The number of nitrogens with one attached hydrogen (secondary N) is 2. The van der Waals surface area contributed by atoms with E-state index < -0.39 is 11.9 Å². The normalized spacial score (nSPS) is 17.2. The third kappa shape index (κ3) is 2.61. The summed E-state index contributed by atoms with van der Waals surface area (Å²) in [4.78, 5) is 23.6. The summed E-state index contributed by atoms with van der Waals surface area (Å²) in [5.41, 5.74) is 1.76. The first-order valence-corrected chi connectivity index (χ1v) is 6.87. The summed E-state index contributed by atoms with van der Waals surface area (Å²) in [5.74, 6) is -1.28. The van der Waals surface area contributed by atoms with Crippen molar-refractivity contribution in [1.82, 2.24) is 0 Å². The first-order valence-electron chi connectivity index (χ1n) is 6.87. The van der Waals surface area contributed by atoms with E-state index in [1.807, 2.05) is 12.1 Å². The number of carbonyl (C=O) groups is 2. The molecule has 0 bridgehead atoms. The summed E-state index contributed by atoms with van der Waals surface area (Å²) in [7, 11) is 0. The number of para-hydroxylation sites is 1. The molecule has 1 aliphatic heterocycles. The van der Waals surface area contributed by atoms with Crippen LogP contribution in [0.4, 0.5) is 5.69 Å². The van der Waals surface area contributed by atoms with E-state index in [1.54, 1.807) is 42.5 Å². The molecule has 1 atom stereocenters. The molecular weight excluding hydrogens is 280 g/mol. The molecule has 1 heterocycles. The maximum atomic E-state index is 12.3. The highest BCUT2D eigenvalue weighted by Crippen LogP contribution is 2.29. The average molecular weight is 294 g/mol. The van der Waals surface area contributed by atoms with Crippen LogP contribution in [0.3, 0.4) is 0 Å². The maximum absolute atomic E-state index is 12.3. The topological polar surface area (TPSA) is 79.2 Å². The number of amides is 1. The fraction of sp³-hybridized carbons (Fsp3) is 0.118. The SMILES string of the molecule is N=C1C(=O)OC[C@H]1c1ccccc1NC(=O)c1ccccc1. The summed E-state index contributed by atoms with van der Waals surface area (Å²) in [5, 5.41) is 10.6. The third-order valence-corrected chi connectivity index (χ3v) is 3.57. The standard InChI is InChI=1S/C17H14N2O3/c18-15-13(10-22-17(15)21)12-8-4-5-9-14(12)19-16(20)11-6-2-1-3-7-11/h1-9,13,18H,10H2,(H,19,20)/t13-/m0/s1. The molecule has 0 spiro atoms. The lowest BCUT2D eigenvalue weighted by molar-refractivity contribution is -0.132. The smallest absolute Gasteiger partial charge is 0.352 e. The lowest BCUT2D eigenvalue weighted by Crippen LogP contribution is -2.17. The minimum atomic E-state index is -0.603. The first kappa shape index (κ1) is 14.0. The molecule has 2 aromatic carbocycles. The van der Waals surface area contributed by atoms with Gasteiger partial charge in [0.2, 0.25) is 0 Å². The van der Waals surface area contributed by atoms with E-state index in [9.17, 15) is 9.59 Å². The molecule has 2 aromatic rings. The van der Waals surface area contributed by atoms with Gasteiger partial charge in [-0.2, -0.15) is 0 Å². The number of esters is 1. The Morgan fingerprint density at radius 3 is 2.45 bits per heavy atom. The molecule has 3 rings (SSSR count). The Hall–Kier alpha value is -2.95. The molecule has 2 N–H and O–H groups in total. The van der Waals surface area contributed by atoms with Crippen LogP contribution in [0.15, 0.2) is 54.6 Å². The molecule has 5 nitrogen and oxygen atoms in total. The zero-order valence-electron chi connectivity index (χ0n) is 11.7. The van der Waals surface area contributed by atoms with Gasteiger partial charge >= 0.3 is 5.97 Å². The van der Waals surface area contributed by atoms with E-state index in [0.717, 1.165) is 0 Å². The van der Waals surface area contributed by atoms with Crippen molar-refractivity contribution in [2.75, 3.05) is 11.9 Å². The summed E-state index contributed by atoms with van der Waals surface area (Å²) in [6.45, 7) is 0.135. The average Bonchev–Trinajstić information content (AvgIpc) is 2.88. The van der Waals surface area contributed by atoms with Gasteiger partial charge in [-0.1, -0.05) is 36.4 Å². The number of hydrogen-bond donors (Lipinski definition) is 2. The quantitative estimate of drug-likeness (QED) is 0.854. The van der Waals surface area contributed by atoms with Gasteiger partial charge in [-0.05, 0) is 23.8 Å². The Morgan fingerprint density at radius 2 is 1.77 bits per heavy atom. The zero-order chi connectivity index (χ0) is 15.5. The Morgan fingerprint density at radius 1 is 1.09 bits per heavy atom. The van der Waals surface area contributed by atoms with Gasteiger partial charge in [0.15, 0.2) is 0 Å². The number of ether oxygens (including phenoxy) is 1. The predicted molar refractivity (Wildman–Crippen MR) is 82.3 cm³/mol. The van der Waals surface area contributed by atoms with Crippen LogP contribution in [-0.4, -0.2) is 24.2 Å². The molecule has 110 valence electrons. The van der Waals surface area contributed by atoms with E-state index in [0.29, 0.717) is 16.8 Å². The second-order valence-corrected chi connectivity index (χ2v) is 4.97. The van der Waals surface area contributed by atoms with E-state index in [4.69, 9.17) is 10.1 Å². The van der Waals surface area contributed by atoms with Crippen LogP contribution in [0.1, 0.15) is 21.8 Å². The minimum Gasteiger partial charge on any atom is -0.460 e. The molecular formula is C17H14N2O3. The lowest BCUT2D eigenvalue weighted by Gasteiger charge is -2.14. The van der Waals surface area contributed by atoms with Crippen LogP contribution >= 0.6 is 0 Å². The molecule has 0 aliphatic carbocycles. The largest absolute Gasteiger partial charge is 0.460 e. The Bertz CT molecular complexity index is 741. The van der Waals surface area contributed by atoms with Crippen molar-refractivity contribution in [3.8, 4) is 0 Å². The van der Waals surface area contributed by atoms with Gasteiger partial charge in [0.05, 0.1) is 5.92 Å². The van der Waals surface area contributed by atoms with Gasteiger partial charge in [-0.3, -0.25) is 10.2 Å². The van der Waals surface area contributed by atoms with Crippen LogP contribution in [0.5, 0.6) is 0 Å². The molecule has 0 radical (unpaired) electrons. The van der Waals surface area contributed by atoms with Crippen molar-refractivity contribution < 1.29 is 14.3 Å². The van der Waals surface area contributed by atoms with E-state index in [1.165, 1.54) is 0 Å². The van der Waals surface area contributed by atoms with Gasteiger partial charge in [-0.15, -0.1) is 0 Å². The lowest BCUT2D eigenvalue weighted by atomic mass is 9.95. The number of anilines is 1. The van der Waals surface area contributed by atoms with Crippen LogP contribution in [-0.2, 0) is 9.53 Å². The fourth-order valence-corrected chi connectivity index (χ4v) is 2.41. The maximum Gasteiger partial charge on any atom is 0.352 e. The van der Waals surface area contributed by atoms with E-state index >= 15 is 0 Å². The predicted octanol–water partition coefficient (Wildman–Crippen LogP) is 2.60. The van der Waals surface area contributed by atoms with Gasteiger partial charge in [0.1, 0.15) is 12.3 Å². The van der Waals surface area contributed by atoms with Crippen molar-refractivity contribution in [2.45, 2.75) is 5.92 Å². The second kappa shape index (κ2) is 5.81. The highest BCUT2D eigenvalue weighted by atomic mass is 16.5. The zero-order valence-corrected chi connectivity index (χ0v) is 11.7. The van der Waals surface area contributed by atoms with Crippen LogP contribution < -0.4 is 5.32 Å². The van der Waals surface area contributed by atoms with Crippen molar-refractivity contribution >= 4 is 23.3 Å².